The van der Waals surface area contributed by atoms with Crippen molar-refractivity contribution in [2.24, 2.45) is 11.7 Å². The van der Waals surface area contributed by atoms with Gasteiger partial charge in [0.15, 0.2) is 11.5 Å². The minimum Gasteiger partial charge on any atom is -0.397 e. The molecule has 0 bridgehead atoms. The predicted molar refractivity (Wildman–Crippen MR) is 154 cm³/mol. The quantitative estimate of drug-likeness (QED) is 0.339. The monoisotopic (exact) mass is 591 g/mol. The number of nitrogens with one attached hydrogen (secondary N) is 1. The summed E-state index contributed by atoms with van der Waals surface area (Å²) in [6, 6.07) is 6.62. The summed E-state index contributed by atoms with van der Waals surface area (Å²) in [7, 11) is -0.823. The second kappa shape index (κ2) is 12.2. The van der Waals surface area contributed by atoms with Gasteiger partial charge in [0.2, 0.25) is 0 Å². The number of sulfone groups is 1. The fourth-order valence-electron chi connectivity index (χ4n) is 5.14. The van der Waals surface area contributed by atoms with E-state index in [1.54, 1.807) is 18.3 Å². The number of anilines is 2. The molecule has 40 heavy (non-hydrogen) atoms. The topological polar surface area (TPSA) is 150 Å². The lowest BCUT2D eigenvalue weighted by Gasteiger charge is -2.39. The molecule has 1 aromatic carbocycles. The second-order valence-corrected chi connectivity index (χ2v) is 13.0. The Labute approximate surface area is 234 Å². The van der Waals surface area contributed by atoms with Crippen molar-refractivity contribution in [3.05, 3.63) is 65.6 Å². The van der Waals surface area contributed by atoms with Crippen LogP contribution in [0.2, 0.25) is 0 Å². The van der Waals surface area contributed by atoms with E-state index in [1.807, 2.05) is 6.92 Å². The van der Waals surface area contributed by atoms with Gasteiger partial charge in [-0.1, -0.05) is 19.1 Å². The molecule has 2 aromatic heterocycles. The van der Waals surface area contributed by atoms with Gasteiger partial charge in [-0.25, -0.2) is 22.2 Å². The Hall–Kier alpha value is -3.05. The van der Waals surface area contributed by atoms with E-state index in [1.165, 1.54) is 18.3 Å². The molecule has 2 heterocycles. The minimum absolute atomic E-state index is 0.0175. The lowest BCUT2D eigenvalue weighted by molar-refractivity contribution is -0.0152. The van der Waals surface area contributed by atoms with Crippen molar-refractivity contribution in [1.29, 1.82) is 0 Å². The molecule has 1 amide bonds. The molecule has 0 spiro atoms. The molecule has 13 heteroatoms. The minimum atomic E-state index is -3.15. The first-order chi connectivity index (χ1) is 18.9. The lowest BCUT2D eigenvalue weighted by Crippen LogP contribution is -2.47. The normalized spacial score (nSPS) is 21.2. The van der Waals surface area contributed by atoms with Crippen LogP contribution in [0.3, 0.4) is 0 Å². The number of hydrogen-bond donors (Lipinski definition) is 3. The highest BCUT2D eigenvalue weighted by Crippen LogP contribution is 2.40. The third-order valence-corrected chi connectivity index (χ3v) is 8.40. The van der Waals surface area contributed by atoms with Gasteiger partial charge in [0.25, 0.3) is 5.91 Å². The van der Waals surface area contributed by atoms with Crippen LogP contribution >= 0.6 is 9.24 Å². The van der Waals surface area contributed by atoms with Crippen molar-refractivity contribution in [3.8, 4) is 11.3 Å². The molecule has 5 N–H and O–H groups in total. The van der Waals surface area contributed by atoms with Crippen LogP contribution in [0.1, 0.15) is 41.7 Å². The number of nitrogen functional groups attached to an aromatic ring is 1. The van der Waals surface area contributed by atoms with E-state index < -0.39 is 27.4 Å². The predicted octanol–water partition coefficient (Wildman–Crippen LogP) is 3.03. The van der Waals surface area contributed by atoms with Gasteiger partial charge in [0.1, 0.15) is 21.3 Å². The Bertz CT molecular complexity index is 1490. The first kappa shape index (κ1) is 29.9. The third kappa shape index (κ3) is 6.80. The van der Waals surface area contributed by atoms with E-state index in [-0.39, 0.29) is 59.0 Å². The van der Waals surface area contributed by atoms with Gasteiger partial charge in [-0.2, -0.15) is 0 Å². The summed E-state index contributed by atoms with van der Waals surface area (Å²) in [5.74, 6) is -2.36. The van der Waals surface area contributed by atoms with E-state index >= 15 is 0 Å². The molecule has 4 rings (SSSR count). The molecule has 0 saturated heterocycles. The Morgan fingerprint density at radius 2 is 1.98 bits per heavy atom. The van der Waals surface area contributed by atoms with E-state index in [9.17, 15) is 22.0 Å². The van der Waals surface area contributed by atoms with E-state index in [4.69, 9.17) is 16.2 Å². The molecular weight excluding hydrogens is 559 g/mol. The summed E-state index contributed by atoms with van der Waals surface area (Å²) in [4.78, 5) is 21.6. The van der Waals surface area contributed by atoms with Gasteiger partial charge in [0.05, 0.1) is 36.0 Å². The third-order valence-electron chi connectivity index (χ3n) is 7.01. The number of aromatic nitrogens is 2. The van der Waals surface area contributed by atoms with Gasteiger partial charge in [-0.3, -0.25) is 9.78 Å². The number of nitrogens with two attached hydrogens (primary N) is 2. The number of ether oxygens (including phenoxy) is 1. The SMILES string of the molecule is C[C@H]1C[C@@H](c2ccncc2NC(=O)c2nc(-c3c(F)cccc3P)c(F)cc2N)C[C@@H](N)[C@H]1OCCS(C)(=O)=O. The van der Waals surface area contributed by atoms with Crippen molar-refractivity contribution in [2.45, 2.75) is 37.8 Å². The molecule has 1 saturated carbocycles. The average Bonchev–Trinajstić information content (AvgIpc) is 2.86. The highest BCUT2D eigenvalue weighted by Gasteiger charge is 2.36. The number of hydrogen-bond acceptors (Lipinski definition) is 8. The molecule has 3 aromatic rings. The molecule has 9 nitrogen and oxygen atoms in total. The maximum absolute atomic E-state index is 14.8. The van der Waals surface area contributed by atoms with Gasteiger partial charge in [-0.15, -0.1) is 9.24 Å². The number of halogens is 2. The number of benzene rings is 1. The molecule has 1 aliphatic carbocycles. The molecule has 0 radical (unpaired) electrons. The average molecular weight is 592 g/mol. The molecule has 1 aliphatic rings. The van der Waals surface area contributed by atoms with Crippen LogP contribution in [-0.2, 0) is 14.6 Å². The van der Waals surface area contributed by atoms with Crippen molar-refractivity contribution >= 4 is 41.7 Å². The highest BCUT2D eigenvalue weighted by atomic mass is 32.2. The fourth-order valence-corrected chi connectivity index (χ4v) is 5.92. The fraction of sp³-hybridized carbons (Fsp3) is 0.370. The van der Waals surface area contributed by atoms with Crippen molar-refractivity contribution in [3.63, 3.8) is 0 Å². The first-order valence-corrected chi connectivity index (χ1v) is 15.3. The van der Waals surface area contributed by atoms with Gasteiger partial charge in [0, 0.05) is 30.1 Å². The maximum atomic E-state index is 14.8. The highest BCUT2D eigenvalue weighted by molar-refractivity contribution is 7.90. The summed E-state index contributed by atoms with van der Waals surface area (Å²) in [6.45, 7) is 2.06. The number of amides is 1. The van der Waals surface area contributed by atoms with Crippen molar-refractivity contribution in [2.75, 3.05) is 29.7 Å². The number of rotatable bonds is 8. The largest absolute Gasteiger partial charge is 0.397 e. The number of nitrogens with zero attached hydrogens (tertiary/aromatic N) is 2. The van der Waals surface area contributed by atoms with E-state index in [0.717, 1.165) is 17.9 Å². The molecular formula is C27H32F2N5O4PS. The van der Waals surface area contributed by atoms with E-state index in [2.05, 4.69) is 24.5 Å². The summed E-state index contributed by atoms with van der Waals surface area (Å²) >= 11 is 0. The van der Waals surface area contributed by atoms with Crippen molar-refractivity contribution < 1.29 is 26.7 Å². The van der Waals surface area contributed by atoms with Gasteiger partial charge >= 0.3 is 0 Å². The standard InChI is InChI=1S/C27H32F2N5O4PS/c1-14-10-15(11-20(31)26(14)38-8-9-40(2,36)37)16-6-7-32-13-21(16)33-27(35)25-19(30)12-18(29)24(34-25)23-17(28)4-3-5-22(23)39/h3-7,12-15,20,26H,8-11,30-31,39H2,1-2H3,(H,33,35)/t14-,15+,20+,26-/m0/s1. The van der Waals surface area contributed by atoms with Crippen LogP contribution in [-0.4, -0.2) is 55.1 Å². The Morgan fingerprint density at radius 1 is 1.23 bits per heavy atom. The zero-order valence-corrected chi connectivity index (χ0v) is 24.1. The molecule has 214 valence electrons. The lowest BCUT2D eigenvalue weighted by atomic mass is 9.74. The number of carbonyl (C=O) groups is 1. The van der Waals surface area contributed by atoms with Crippen LogP contribution in [0.25, 0.3) is 11.3 Å². The first-order valence-electron chi connectivity index (χ1n) is 12.7. The van der Waals surface area contributed by atoms with E-state index in [0.29, 0.717) is 23.8 Å². The zero-order valence-electron chi connectivity index (χ0n) is 22.1. The number of pyridine rings is 2. The summed E-state index contributed by atoms with van der Waals surface area (Å²) in [5.41, 5.74) is 12.7. The Balaban J connectivity index is 1.56. The van der Waals surface area contributed by atoms with Crippen LogP contribution in [0.15, 0.2) is 42.7 Å². The van der Waals surface area contributed by atoms with Crippen LogP contribution in [0, 0.1) is 17.6 Å². The van der Waals surface area contributed by atoms with Gasteiger partial charge in [-0.05, 0) is 47.7 Å². The molecule has 5 atom stereocenters. The Morgan fingerprint density at radius 3 is 2.65 bits per heavy atom. The smallest absolute Gasteiger partial charge is 0.276 e. The van der Waals surface area contributed by atoms with Crippen LogP contribution in [0.4, 0.5) is 20.2 Å². The Kier molecular flexibility index (Phi) is 9.14. The molecule has 0 aliphatic heterocycles. The van der Waals surface area contributed by atoms with Crippen molar-refractivity contribution in [1.82, 2.24) is 9.97 Å². The maximum Gasteiger partial charge on any atom is 0.276 e. The summed E-state index contributed by atoms with van der Waals surface area (Å²) in [5, 5.41) is 3.15. The van der Waals surface area contributed by atoms with Crippen LogP contribution < -0.4 is 22.1 Å². The number of carbonyl (C=O) groups excluding carboxylic acids is 1. The molecule has 1 unspecified atom stereocenters. The van der Waals surface area contributed by atoms with Gasteiger partial charge < -0.3 is 21.5 Å². The molecule has 1 fully saturated rings. The summed E-state index contributed by atoms with van der Waals surface area (Å²) < 4.78 is 58.1. The zero-order chi connectivity index (χ0) is 29.2. The second-order valence-electron chi connectivity index (χ2n) is 10.2. The summed E-state index contributed by atoms with van der Waals surface area (Å²) in [6.07, 6.45) is 5.17. The van der Waals surface area contributed by atoms with Crippen LogP contribution in [0.5, 0.6) is 0 Å².